The van der Waals surface area contributed by atoms with E-state index in [1.807, 2.05) is 6.92 Å². The Balaban J connectivity index is 2.89. The summed E-state index contributed by atoms with van der Waals surface area (Å²) in [4.78, 5) is 14.6. The average Bonchev–Trinajstić information content (AvgIpc) is 2.10. The van der Waals surface area contributed by atoms with Crippen molar-refractivity contribution in [2.75, 3.05) is 13.1 Å². The van der Waals surface area contributed by atoms with Crippen LogP contribution in [0.15, 0.2) is 10.2 Å². The zero-order valence-electron chi connectivity index (χ0n) is 9.00. The SMILES string of the molecule is CC/N=C1\CC(C)(C)C#CC1CN=O. The van der Waals surface area contributed by atoms with Crippen molar-refractivity contribution in [3.05, 3.63) is 4.91 Å². The van der Waals surface area contributed by atoms with Gasteiger partial charge in [0.1, 0.15) is 6.54 Å². The fourth-order valence-electron chi connectivity index (χ4n) is 1.58. The van der Waals surface area contributed by atoms with Crippen molar-refractivity contribution in [2.24, 2.45) is 21.5 Å². The molecule has 0 amide bonds. The van der Waals surface area contributed by atoms with Gasteiger partial charge < -0.3 is 0 Å². The van der Waals surface area contributed by atoms with Crippen LogP contribution in [0.25, 0.3) is 0 Å². The minimum Gasteiger partial charge on any atom is -0.293 e. The first kappa shape index (κ1) is 10.9. The van der Waals surface area contributed by atoms with Crippen LogP contribution in [-0.2, 0) is 0 Å². The largest absolute Gasteiger partial charge is 0.293 e. The summed E-state index contributed by atoms with van der Waals surface area (Å²) in [7, 11) is 0. The number of nitroso groups, excluding NO2 is 1. The van der Waals surface area contributed by atoms with Crippen LogP contribution in [0.3, 0.4) is 0 Å². The predicted octanol–water partition coefficient (Wildman–Crippen LogP) is 2.26. The van der Waals surface area contributed by atoms with E-state index in [2.05, 4.69) is 35.9 Å². The molecule has 1 atom stereocenters. The van der Waals surface area contributed by atoms with Gasteiger partial charge in [-0.25, -0.2) is 0 Å². The van der Waals surface area contributed by atoms with E-state index in [0.717, 1.165) is 18.7 Å². The maximum atomic E-state index is 10.2. The van der Waals surface area contributed by atoms with Crippen molar-refractivity contribution in [1.29, 1.82) is 0 Å². The molecular weight excluding hydrogens is 176 g/mol. The smallest absolute Gasteiger partial charge is 0.100 e. The molecule has 0 spiro atoms. The average molecular weight is 192 g/mol. The Bertz CT molecular complexity index is 307. The lowest BCUT2D eigenvalue weighted by Crippen LogP contribution is -2.27. The molecule has 0 fully saturated rings. The minimum atomic E-state index is -0.0412. The Morgan fingerprint density at radius 2 is 2.29 bits per heavy atom. The van der Waals surface area contributed by atoms with Gasteiger partial charge in [0.15, 0.2) is 0 Å². The van der Waals surface area contributed by atoms with Gasteiger partial charge in [-0.05, 0) is 20.8 Å². The maximum absolute atomic E-state index is 10.2. The Kier molecular flexibility index (Phi) is 3.40. The number of aliphatic imine (C=N–C) groups is 1. The molecule has 0 radical (unpaired) electrons. The first-order valence-electron chi connectivity index (χ1n) is 4.94. The highest BCUT2D eigenvalue weighted by Gasteiger charge is 2.26. The van der Waals surface area contributed by atoms with Crippen LogP contribution in [0.2, 0.25) is 0 Å². The van der Waals surface area contributed by atoms with Gasteiger partial charge >= 0.3 is 0 Å². The quantitative estimate of drug-likeness (QED) is 0.499. The van der Waals surface area contributed by atoms with Crippen LogP contribution in [0.1, 0.15) is 27.2 Å². The van der Waals surface area contributed by atoms with Crippen LogP contribution in [0, 0.1) is 28.1 Å². The number of hydrogen-bond donors (Lipinski definition) is 0. The highest BCUT2D eigenvalue weighted by molar-refractivity contribution is 5.91. The van der Waals surface area contributed by atoms with Crippen molar-refractivity contribution >= 4 is 5.71 Å². The van der Waals surface area contributed by atoms with E-state index >= 15 is 0 Å². The molecule has 0 heterocycles. The number of hydrogen-bond acceptors (Lipinski definition) is 3. The van der Waals surface area contributed by atoms with E-state index in [9.17, 15) is 4.91 Å². The fraction of sp³-hybridized carbons (Fsp3) is 0.727. The van der Waals surface area contributed by atoms with Crippen molar-refractivity contribution in [3.63, 3.8) is 0 Å². The molecule has 0 aromatic heterocycles. The van der Waals surface area contributed by atoms with Gasteiger partial charge in [-0.2, -0.15) is 4.91 Å². The molecule has 0 saturated carbocycles. The van der Waals surface area contributed by atoms with Gasteiger partial charge in [-0.3, -0.25) is 4.99 Å². The molecule has 0 aliphatic heterocycles. The van der Waals surface area contributed by atoms with Gasteiger partial charge in [-0.1, -0.05) is 17.0 Å². The summed E-state index contributed by atoms with van der Waals surface area (Å²) in [5.74, 6) is 6.18. The van der Waals surface area contributed by atoms with E-state index in [0.29, 0.717) is 0 Å². The summed E-state index contributed by atoms with van der Waals surface area (Å²) in [6.07, 6.45) is 0.855. The fourth-order valence-corrected chi connectivity index (χ4v) is 1.58. The third kappa shape index (κ3) is 2.66. The molecule has 0 bridgehead atoms. The molecule has 0 N–H and O–H groups in total. The summed E-state index contributed by atoms with van der Waals surface area (Å²) >= 11 is 0. The van der Waals surface area contributed by atoms with Crippen molar-refractivity contribution in [1.82, 2.24) is 0 Å². The molecular formula is C11H16N2O. The summed E-state index contributed by atoms with van der Waals surface area (Å²) in [6, 6.07) is 0. The molecule has 0 saturated heterocycles. The zero-order chi connectivity index (χ0) is 10.6. The second kappa shape index (κ2) is 4.36. The van der Waals surface area contributed by atoms with Gasteiger partial charge in [0.05, 0.1) is 5.92 Å². The molecule has 1 unspecified atom stereocenters. The molecule has 0 aromatic rings. The van der Waals surface area contributed by atoms with Crippen LogP contribution < -0.4 is 0 Å². The minimum absolute atomic E-state index is 0.00656. The van der Waals surface area contributed by atoms with Crippen LogP contribution in [0.4, 0.5) is 0 Å². The number of nitrogens with zero attached hydrogens (tertiary/aromatic N) is 2. The van der Waals surface area contributed by atoms with Crippen molar-refractivity contribution in [2.45, 2.75) is 27.2 Å². The molecule has 0 aromatic carbocycles. The molecule has 1 aliphatic rings. The van der Waals surface area contributed by atoms with Crippen LogP contribution in [-0.4, -0.2) is 18.8 Å². The van der Waals surface area contributed by atoms with Crippen LogP contribution >= 0.6 is 0 Å². The summed E-state index contributed by atoms with van der Waals surface area (Å²) in [5.41, 5.74) is 1.03. The van der Waals surface area contributed by atoms with Gasteiger partial charge in [0.2, 0.25) is 0 Å². The Morgan fingerprint density at radius 1 is 1.57 bits per heavy atom. The Labute approximate surface area is 85.0 Å². The molecule has 14 heavy (non-hydrogen) atoms. The van der Waals surface area contributed by atoms with Gasteiger partial charge in [0, 0.05) is 24.1 Å². The second-order valence-corrected chi connectivity index (χ2v) is 4.16. The van der Waals surface area contributed by atoms with E-state index in [4.69, 9.17) is 0 Å². The summed E-state index contributed by atoms with van der Waals surface area (Å²) in [5, 5.41) is 2.91. The molecule has 1 rings (SSSR count). The normalized spacial score (nSPS) is 26.8. The van der Waals surface area contributed by atoms with E-state index in [-0.39, 0.29) is 17.9 Å². The number of rotatable bonds is 3. The van der Waals surface area contributed by atoms with Crippen LogP contribution in [0.5, 0.6) is 0 Å². The molecule has 3 nitrogen and oxygen atoms in total. The third-order valence-corrected chi connectivity index (χ3v) is 2.23. The van der Waals surface area contributed by atoms with Crippen molar-refractivity contribution < 1.29 is 0 Å². The lowest BCUT2D eigenvalue weighted by atomic mass is 9.79. The first-order valence-corrected chi connectivity index (χ1v) is 4.94. The maximum Gasteiger partial charge on any atom is 0.100 e. The zero-order valence-corrected chi connectivity index (χ0v) is 9.00. The van der Waals surface area contributed by atoms with Crippen molar-refractivity contribution in [3.8, 4) is 11.8 Å². The van der Waals surface area contributed by atoms with E-state index < -0.39 is 0 Å². The topological polar surface area (TPSA) is 41.8 Å². The summed E-state index contributed by atoms with van der Waals surface area (Å²) in [6.45, 7) is 7.17. The predicted molar refractivity (Wildman–Crippen MR) is 58.3 cm³/mol. The Hall–Kier alpha value is -1.17. The lowest BCUT2D eigenvalue weighted by Gasteiger charge is -2.25. The van der Waals surface area contributed by atoms with Gasteiger partial charge in [0.25, 0.3) is 0 Å². The highest BCUT2D eigenvalue weighted by atomic mass is 16.3. The van der Waals surface area contributed by atoms with Gasteiger partial charge in [-0.15, -0.1) is 0 Å². The van der Waals surface area contributed by atoms with E-state index in [1.54, 1.807) is 0 Å². The molecule has 76 valence electrons. The lowest BCUT2D eigenvalue weighted by molar-refractivity contribution is 0.509. The highest BCUT2D eigenvalue weighted by Crippen LogP contribution is 2.26. The third-order valence-electron chi connectivity index (χ3n) is 2.23. The standard InChI is InChI=1S/C11H16N2O/c1-4-12-10-7-11(2,3)6-5-9(10)8-13-14/h9H,4,7-8H2,1-3H3/b12-10+. The first-order chi connectivity index (χ1) is 6.59. The molecule has 3 heteroatoms. The monoisotopic (exact) mass is 192 g/mol. The second-order valence-electron chi connectivity index (χ2n) is 4.16. The Morgan fingerprint density at radius 3 is 2.86 bits per heavy atom. The molecule has 1 aliphatic carbocycles. The summed E-state index contributed by atoms with van der Waals surface area (Å²) < 4.78 is 0. The van der Waals surface area contributed by atoms with E-state index in [1.165, 1.54) is 0 Å².